The third-order valence-corrected chi connectivity index (χ3v) is 3.55. The van der Waals surface area contributed by atoms with Gasteiger partial charge in [0.1, 0.15) is 0 Å². The van der Waals surface area contributed by atoms with Crippen molar-refractivity contribution in [2.75, 3.05) is 20.1 Å². The second-order valence-electron chi connectivity index (χ2n) is 4.40. The van der Waals surface area contributed by atoms with Crippen LogP contribution in [0.2, 0.25) is 0 Å². The van der Waals surface area contributed by atoms with Crippen LogP contribution in [-0.4, -0.2) is 39.6 Å². The summed E-state index contributed by atoms with van der Waals surface area (Å²) in [5, 5.41) is 0. The highest BCUT2D eigenvalue weighted by Gasteiger charge is 2.23. The van der Waals surface area contributed by atoms with E-state index in [1.165, 1.54) is 11.9 Å². The minimum Gasteiger partial charge on any atom is -0.329 e. The van der Waals surface area contributed by atoms with Crippen molar-refractivity contribution in [3.8, 4) is 0 Å². The Kier molecular flexibility index (Phi) is 2.29. The summed E-state index contributed by atoms with van der Waals surface area (Å²) < 4.78 is 3.04. The number of aromatic amines is 1. The first-order valence-electron chi connectivity index (χ1n) is 5.48. The maximum atomic E-state index is 5.39. The molecule has 1 saturated heterocycles. The third kappa shape index (κ3) is 1.47. The van der Waals surface area contributed by atoms with Crippen LogP contribution in [0.1, 0.15) is 12.5 Å². The molecule has 1 unspecified atom stereocenters. The highest BCUT2D eigenvalue weighted by molar-refractivity contribution is 7.71. The van der Waals surface area contributed by atoms with Crippen LogP contribution in [0.5, 0.6) is 0 Å². The Hall–Kier alpha value is -1.20. The molecule has 3 rings (SSSR count). The Morgan fingerprint density at radius 2 is 2.44 bits per heavy atom. The quantitative estimate of drug-likeness (QED) is 0.766. The second-order valence-corrected chi connectivity index (χ2v) is 4.78. The van der Waals surface area contributed by atoms with E-state index in [-0.39, 0.29) is 0 Å². The molecule has 0 amide bonds. The number of hydrogen-bond donors (Lipinski definition) is 1. The van der Waals surface area contributed by atoms with Crippen molar-refractivity contribution < 1.29 is 0 Å². The highest BCUT2D eigenvalue weighted by atomic mass is 32.1. The van der Waals surface area contributed by atoms with Crippen LogP contribution in [0, 0.1) is 4.77 Å². The van der Waals surface area contributed by atoms with Crippen molar-refractivity contribution >= 4 is 23.3 Å². The number of nitrogens with one attached hydrogen (secondary N) is 1. The average molecular weight is 234 g/mol. The van der Waals surface area contributed by atoms with E-state index in [4.69, 9.17) is 12.2 Å². The molecule has 1 aliphatic rings. The first kappa shape index (κ1) is 9.99. The van der Waals surface area contributed by atoms with Crippen LogP contribution < -0.4 is 0 Å². The summed E-state index contributed by atoms with van der Waals surface area (Å²) in [5.41, 5.74) is 2.20. The molecule has 84 valence electrons. The molecule has 3 heterocycles. The smallest absolute Gasteiger partial charge is 0.178 e. The van der Waals surface area contributed by atoms with E-state index in [0.29, 0.717) is 6.04 Å². The van der Waals surface area contributed by atoms with Gasteiger partial charge in [0, 0.05) is 12.7 Å². The molecule has 2 aromatic rings. The monoisotopic (exact) mass is 234 g/mol. The zero-order valence-electron chi connectivity index (χ0n) is 9.18. The topological polar surface area (TPSA) is 36.9 Å². The molecule has 0 bridgehead atoms. The summed E-state index contributed by atoms with van der Waals surface area (Å²) in [6, 6.07) is 2.52. The number of fused-ring (bicyclic) bond motifs is 1. The first-order chi connectivity index (χ1) is 7.75. The van der Waals surface area contributed by atoms with Gasteiger partial charge in [-0.3, -0.25) is 4.98 Å². The van der Waals surface area contributed by atoms with E-state index in [1.54, 1.807) is 0 Å². The predicted octanol–water partition coefficient (Wildman–Crippen LogP) is 1.97. The highest BCUT2D eigenvalue weighted by Crippen LogP contribution is 2.25. The van der Waals surface area contributed by atoms with Gasteiger partial charge in [0.05, 0.1) is 23.3 Å². The number of nitrogens with zero attached hydrogens (tertiary/aromatic N) is 3. The second kappa shape index (κ2) is 3.68. The van der Waals surface area contributed by atoms with Gasteiger partial charge in [-0.2, -0.15) is 0 Å². The standard InChI is InChI=1S/C11H14N4S/c1-14-5-3-8(7-14)15-10-2-4-12-6-9(10)13-11(15)16/h2,4,6,8H,3,5,7H2,1H3,(H,13,16). The van der Waals surface area contributed by atoms with Gasteiger partial charge in [0.25, 0.3) is 0 Å². The molecule has 1 N–H and O–H groups in total. The minimum absolute atomic E-state index is 0.494. The van der Waals surface area contributed by atoms with Crippen LogP contribution in [0.3, 0.4) is 0 Å². The Morgan fingerprint density at radius 1 is 1.56 bits per heavy atom. The van der Waals surface area contributed by atoms with E-state index >= 15 is 0 Å². The normalized spacial score (nSPS) is 21.9. The lowest BCUT2D eigenvalue weighted by Crippen LogP contribution is -2.16. The molecule has 0 spiro atoms. The van der Waals surface area contributed by atoms with Crippen molar-refractivity contribution in [2.24, 2.45) is 0 Å². The molecule has 0 radical (unpaired) electrons. The molecular weight excluding hydrogens is 220 g/mol. The molecule has 2 aromatic heterocycles. The summed E-state index contributed by atoms with van der Waals surface area (Å²) >= 11 is 5.39. The van der Waals surface area contributed by atoms with Crippen LogP contribution in [0.25, 0.3) is 11.0 Å². The maximum Gasteiger partial charge on any atom is 0.178 e. The molecule has 0 saturated carbocycles. The molecular formula is C11H14N4S. The van der Waals surface area contributed by atoms with E-state index in [1.807, 2.05) is 18.5 Å². The van der Waals surface area contributed by atoms with Gasteiger partial charge in [-0.25, -0.2) is 0 Å². The van der Waals surface area contributed by atoms with Crippen LogP contribution in [0.4, 0.5) is 0 Å². The first-order valence-corrected chi connectivity index (χ1v) is 5.89. The molecule has 0 aliphatic carbocycles. The summed E-state index contributed by atoms with van der Waals surface area (Å²) in [7, 11) is 2.15. The summed E-state index contributed by atoms with van der Waals surface area (Å²) in [5.74, 6) is 0. The summed E-state index contributed by atoms with van der Waals surface area (Å²) in [6.07, 6.45) is 4.82. The number of imidazole rings is 1. The van der Waals surface area contributed by atoms with Crippen LogP contribution in [-0.2, 0) is 0 Å². The number of rotatable bonds is 1. The van der Waals surface area contributed by atoms with Gasteiger partial charge >= 0.3 is 0 Å². The number of likely N-dealkylation sites (N-methyl/N-ethyl adjacent to an activating group) is 1. The van der Waals surface area contributed by atoms with Crippen molar-refractivity contribution in [1.29, 1.82) is 0 Å². The Bertz CT molecular complexity index is 571. The number of pyridine rings is 1. The van der Waals surface area contributed by atoms with Gasteiger partial charge in [-0.05, 0) is 38.3 Å². The fourth-order valence-corrected chi connectivity index (χ4v) is 2.82. The Balaban J connectivity index is 2.15. The third-order valence-electron chi connectivity index (χ3n) is 3.25. The van der Waals surface area contributed by atoms with E-state index in [9.17, 15) is 0 Å². The molecule has 1 aliphatic heterocycles. The van der Waals surface area contributed by atoms with Crippen molar-refractivity contribution in [3.05, 3.63) is 23.2 Å². The predicted molar refractivity (Wildman–Crippen MR) is 66.1 cm³/mol. The maximum absolute atomic E-state index is 5.39. The van der Waals surface area contributed by atoms with E-state index < -0.39 is 0 Å². The van der Waals surface area contributed by atoms with Gasteiger partial charge in [-0.1, -0.05) is 0 Å². The lowest BCUT2D eigenvalue weighted by molar-refractivity contribution is 0.394. The molecule has 1 atom stereocenters. The van der Waals surface area contributed by atoms with Gasteiger partial charge < -0.3 is 14.5 Å². The zero-order valence-corrected chi connectivity index (χ0v) is 10.00. The fraction of sp³-hybridized carbons (Fsp3) is 0.455. The Labute approximate surface area is 98.9 Å². The molecule has 0 aromatic carbocycles. The van der Waals surface area contributed by atoms with Crippen LogP contribution >= 0.6 is 12.2 Å². The van der Waals surface area contributed by atoms with E-state index in [0.717, 1.165) is 23.4 Å². The van der Waals surface area contributed by atoms with Gasteiger partial charge in [-0.15, -0.1) is 0 Å². The van der Waals surface area contributed by atoms with Gasteiger partial charge in [0.15, 0.2) is 4.77 Å². The Morgan fingerprint density at radius 3 is 3.19 bits per heavy atom. The largest absolute Gasteiger partial charge is 0.329 e. The summed E-state index contributed by atoms with van der Waals surface area (Å²) in [6.45, 7) is 2.22. The zero-order chi connectivity index (χ0) is 11.1. The average Bonchev–Trinajstić information content (AvgIpc) is 2.80. The van der Waals surface area contributed by atoms with Crippen molar-refractivity contribution in [3.63, 3.8) is 0 Å². The number of hydrogen-bond acceptors (Lipinski definition) is 3. The number of H-pyrrole nitrogens is 1. The molecule has 16 heavy (non-hydrogen) atoms. The minimum atomic E-state index is 0.494. The van der Waals surface area contributed by atoms with Crippen molar-refractivity contribution in [2.45, 2.75) is 12.5 Å². The fourth-order valence-electron chi connectivity index (χ4n) is 2.46. The molecule has 4 nitrogen and oxygen atoms in total. The van der Waals surface area contributed by atoms with Gasteiger partial charge in [0.2, 0.25) is 0 Å². The number of aromatic nitrogens is 3. The van der Waals surface area contributed by atoms with E-state index in [2.05, 4.69) is 26.5 Å². The lowest BCUT2D eigenvalue weighted by atomic mass is 10.2. The SMILES string of the molecule is CN1CCC(n2c(=S)[nH]c3cnccc32)C1. The lowest BCUT2D eigenvalue weighted by Gasteiger charge is -2.13. The van der Waals surface area contributed by atoms with Crippen LogP contribution in [0.15, 0.2) is 18.5 Å². The summed E-state index contributed by atoms with van der Waals surface area (Å²) in [4.78, 5) is 9.66. The number of likely N-dealkylation sites (tertiary alicyclic amines) is 1. The molecule has 1 fully saturated rings. The molecule has 5 heteroatoms. The van der Waals surface area contributed by atoms with Crippen molar-refractivity contribution in [1.82, 2.24) is 19.4 Å².